The lowest BCUT2D eigenvalue weighted by molar-refractivity contribution is 0.464. The van der Waals surface area contributed by atoms with Gasteiger partial charge in [0.15, 0.2) is 5.96 Å². The van der Waals surface area contributed by atoms with E-state index in [0.717, 1.165) is 28.4 Å². The van der Waals surface area contributed by atoms with E-state index in [1.54, 1.807) is 7.05 Å². The fourth-order valence-corrected chi connectivity index (χ4v) is 3.21. The number of hydrogen-bond donors (Lipinski definition) is 2. The molecule has 0 bridgehead atoms. The second-order valence-electron chi connectivity index (χ2n) is 5.44. The predicted octanol–water partition coefficient (Wildman–Crippen LogP) is 3.90. The van der Waals surface area contributed by atoms with Crippen LogP contribution in [0.3, 0.4) is 0 Å². The molecule has 1 aromatic carbocycles. The van der Waals surface area contributed by atoms with Crippen LogP contribution >= 0.6 is 27.7 Å². The second kappa shape index (κ2) is 9.13. The van der Waals surface area contributed by atoms with Gasteiger partial charge in [-0.3, -0.25) is 4.99 Å². The van der Waals surface area contributed by atoms with Crippen molar-refractivity contribution < 1.29 is 4.42 Å². The second-order valence-corrected chi connectivity index (χ2v) is 7.87. The maximum absolute atomic E-state index is 5.56. The first kappa shape index (κ1) is 18.9. The van der Waals surface area contributed by atoms with Crippen molar-refractivity contribution in [2.24, 2.45) is 4.99 Å². The van der Waals surface area contributed by atoms with Gasteiger partial charge >= 0.3 is 0 Å². The molecule has 2 rings (SSSR count). The topological polar surface area (TPSA) is 62.5 Å². The summed E-state index contributed by atoms with van der Waals surface area (Å²) in [4.78, 5) is 9.84. The van der Waals surface area contributed by atoms with Crippen LogP contribution in [0.4, 0.5) is 0 Å². The van der Waals surface area contributed by atoms with E-state index in [1.807, 2.05) is 25.6 Å². The van der Waals surface area contributed by atoms with Crippen LogP contribution in [0.25, 0.3) is 0 Å². The van der Waals surface area contributed by atoms with Gasteiger partial charge < -0.3 is 15.1 Å². The highest BCUT2D eigenvalue weighted by Gasteiger charge is 2.08. The van der Waals surface area contributed by atoms with Gasteiger partial charge in [0.25, 0.3) is 0 Å². The Morgan fingerprint density at radius 3 is 2.58 bits per heavy atom. The fraction of sp³-hybridized carbons (Fsp3) is 0.412. The molecule has 0 radical (unpaired) electrons. The molecular weight excluding hydrogens is 388 g/mol. The van der Waals surface area contributed by atoms with Gasteiger partial charge in [0, 0.05) is 28.2 Å². The molecular formula is C17H23BrN4OS. The Morgan fingerprint density at radius 1 is 1.29 bits per heavy atom. The molecule has 2 aromatic rings. The minimum Gasteiger partial charge on any atom is -0.444 e. The third kappa shape index (κ3) is 5.87. The quantitative estimate of drug-likeness (QED) is 0.429. The molecule has 1 atom stereocenters. The number of aliphatic imine (C=N–C) groups is 1. The summed E-state index contributed by atoms with van der Waals surface area (Å²) >= 11 is 5.28. The average molecular weight is 411 g/mol. The number of rotatable bonds is 6. The van der Waals surface area contributed by atoms with Crippen LogP contribution in [0.1, 0.15) is 24.3 Å². The number of thioether (sulfide) groups is 1. The molecule has 0 spiro atoms. The molecule has 0 saturated heterocycles. The van der Waals surface area contributed by atoms with Crippen LogP contribution in [-0.4, -0.2) is 29.8 Å². The summed E-state index contributed by atoms with van der Waals surface area (Å²) in [6, 6.07) is 8.35. The molecule has 0 fully saturated rings. The number of oxazole rings is 1. The zero-order chi connectivity index (χ0) is 17.5. The van der Waals surface area contributed by atoms with Crippen molar-refractivity contribution in [2.45, 2.75) is 37.5 Å². The van der Waals surface area contributed by atoms with Gasteiger partial charge in [-0.1, -0.05) is 22.9 Å². The molecule has 1 aromatic heterocycles. The van der Waals surface area contributed by atoms with Gasteiger partial charge in [0.2, 0.25) is 5.89 Å². The van der Waals surface area contributed by atoms with Crippen molar-refractivity contribution in [3.8, 4) is 0 Å². The fourth-order valence-electron chi connectivity index (χ4n) is 2.02. The molecule has 2 N–H and O–H groups in total. The third-order valence-electron chi connectivity index (χ3n) is 3.41. The zero-order valence-electron chi connectivity index (χ0n) is 14.4. The van der Waals surface area contributed by atoms with Crippen LogP contribution in [0.15, 0.2) is 43.0 Å². The van der Waals surface area contributed by atoms with E-state index in [9.17, 15) is 0 Å². The molecule has 7 heteroatoms. The van der Waals surface area contributed by atoms with E-state index in [2.05, 4.69) is 67.7 Å². The normalized spacial score (nSPS) is 13.0. The van der Waals surface area contributed by atoms with Crippen molar-refractivity contribution in [2.75, 3.05) is 13.6 Å². The Labute approximate surface area is 155 Å². The van der Waals surface area contributed by atoms with Crippen molar-refractivity contribution in [3.05, 3.63) is 46.1 Å². The van der Waals surface area contributed by atoms with E-state index in [4.69, 9.17) is 4.42 Å². The maximum Gasteiger partial charge on any atom is 0.214 e. The Balaban J connectivity index is 1.77. The molecule has 1 heterocycles. The first-order valence-electron chi connectivity index (χ1n) is 7.77. The molecule has 24 heavy (non-hydrogen) atoms. The number of aromatic nitrogens is 1. The monoisotopic (exact) mass is 410 g/mol. The largest absolute Gasteiger partial charge is 0.444 e. The van der Waals surface area contributed by atoms with E-state index in [1.165, 1.54) is 4.90 Å². The summed E-state index contributed by atoms with van der Waals surface area (Å²) in [6.07, 6.45) is 0. The van der Waals surface area contributed by atoms with Crippen molar-refractivity contribution in [1.29, 1.82) is 0 Å². The number of guanidine groups is 1. The number of hydrogen-bond acceptors (Lipinski definition) is 4. The Hall–Kier alpha value is -1.47. The summed E-state index contributed by atoms with van der Waals surface area (Å²) < 4.78 is 6.66. The number of benzene rings is 1. The lowest BCUT2D eigenvalue weighted by atomic mass is 10.4. The van der Waals surface area contributed by atoms with E-state index in [0.29, 0.717) is 17.7 Å². The maximum atomic E-state index is 5.56. The summed E-state index contributed by atoms with van der Waals surface area (Å²) in [6.45, 7) is 7.37. The lowest BCUT2D eigenvalue weighted by Gasteiger charge is -2.15. The van der Waals surface area contributed by atoms with Gasteiger partial charge in [-0.05, 0) is 38.1 Å². The van der Waals surface area contributed by atoms with Crippen LogP contribution < -0.4 is 10.6 Å². The Morgan fingerprint density at radius 2 is 2.00 bits per heavy atom. The van der Waals surface area contributed by atoms with Crippen LogP contribution in [-0.2, 0) is 6.54 Å². The number of halogens is 1. The van der Waals surface area contributed by atoms with E-state index < -0.39 is 0 Å². The first-order chi connectivity index (χ1) is 11.5. The summed E-state index contributed by atoms with van der Waals surface area (Å²) in [7, 11) is 1.76. The number of aryl methyl sites for hydroxylation is 2. The summed E-state index contributed by atoms with van der Waals surface area (Å²) in [5.74, 6) is 2.27. The number of nitrogens with one attached hydrogen (secondary N) is 2. The number of nitrogens with zero attached hydrogens (tertiary/aromatic N) is 2. The minimum absolute atomic E-state index is 0.413. The lowest BCUT2D eigenvalue weighted by Crippen LogP contribution is -2.39. The highest BCUT2D eigenvalue weighted by atomic mass is 79.9. The standard InChI is InChI=1S/C17H23BrN4OS/c1-11(24-15-7-5-14(18)6-8-15)9-20-17(19-4)21-10-16-22-12(2)13(3)23-16/h5-8,11H,9-10H2,1-4H3,(H2,19,20,21). The highest BCUT2D eigenvalue weighted by Crippen LogP contribution is 2.24. The van der Waals surface area contributed by atoms with Crippen molar-refractivity contribution in [1.82, 2.24) is 15.6 Å². The first-order valence-corrected chi connectivity index (χ1v) is 9.45. The third-order valence-corrected chi connectivity index (χ3v) is 5.05. The molecule has 5 nitrogen and oxygen atoms in total. The molecule has 1 unspecified atom stereocenters. The molecule has 130 valence electrons. The van der Waals surface area contributed by atoms with Crippen molar-refractivity contribution in [3.63, 3.8) is 0 Å². The van der Waals surface area contributed by atoms with Gasteiger partial charge in [0.1, 0.15) is 5.76 Å². The SMILES string of the molecule is CN=C(NCc1nc(C)c(C)o1)NCC(C)Sc1ccc(Br)cc1. The van der Waals surface area contributed by atoms with Crippen LogP contribution in [0, 0.1) is 13.8 Å². The molecule has 0 aliphatic carbocycles. The molecule has 0 aliphatic rings. The van der Waals surface area contributed by atoms with Gasteiger partial charge in [-0.2, -0.15) is 0 Å². The van der Waals surface area contributed by atoms with Crippen molar-refractivity contribution >= 4 is 33.7 Å². The van der Waals surface area contributed by atoms with E-state index >= 15 is 0 Å². The molecule has 0 amide bonds. The van der Waals surface area contributed by atoms with Gasteiger partial charge in [-0.25, -0.2) is 4.98 Å². The minimum atomic E-state index is 0.413. The highest BCUT2D eigenvalue weighted by molar-refractivity contribution is 9.10. The summed E-state index contributed by atoms with van der Waals surface area (Å²) in [5.41, 5.74) is 0.925. The zero-order valence-corrected chi connectivity index (χ0v) is 16.8. The Kier molecular flexibility index (Phi) is 7.17. The van der Waals surface area contributed by atoms with Crippen LogP contribution in [0.2, 0.25) is 0 Å². The van der Waals surface area contributed by atoms with Crippen LogP contribution in [0.5, 0.6) is 0 Å². The average Bonchev–Trinajstić information content (AvgIpc) is 2.88. The van der Waals surface area contributed by atoms with E-state index in [-0.39, 0.29) is 0 Å². The molecule has 0 aliphatic heterocycles. The van der Waals surface area contributed by atoms with Gasteiger partial charge in [0.05, 0.1) is 12.2 Å². The predicted molar refractivity (Wildman–Crippen MR) is 104 cm³/mol. The molecule has 0 saturated carbocycles. The Bertz CT molecular complexity index is 665. The smallest absolute Gasteiger partial charge is 0.214 e. The van der Waals surface area contributed by atoms with Gasteiger partial charge in [-0.15, -0.1) is 11.8 Å². The summed E-state index contributed by atoms with van der Waals surface area (Å²) in [5, 5.41) is 6.96.